The Bertz CT molecular complexity index is 799. The highest BCUT2D eigenvalue weighted by Gasteiger charge is 2.20. The van der Waals surface area contributed by atoms with Crippen molar-refractivity contribution in [1.82, 2.24) is 0 Å². The van der Waals surface area contributed by atoms with E-state index in [9.17, 15) is 5.26 Å². The number of aryl methyl sites for hydroxylation is 1. The molecule has 0 spiro atoms. The summed E-state index contributed by atoms with van der Waals surface area (Å²) in [4.78, 5) is 8.02. The van der Waals surface area contributed by atoms with Gasteiger partial charge in [-0.2, -0.15) is 5.26 Å². The molecule has 23 heavy (non-hydrogen) atoms. The van der Waals surface area contributed by atoms with Crippen molar-refractivity contribution >= 4 is 44.2 Å². The zero-order chi connectivity index (χ0) is 16.4. The molecule has 0 radical (unpaired) electrons. The van der Waals surface area contributed by atoms with E-state index in [0.717, 1.165) is 39.1 Å². The molecule has 1 aromatic carbocycles. The Morgan fingerprint density at radius 1 is 1.30 bits per heavy atom. The monoisotopic (exact) mass is 387 g/mol. The number of benzene rings is 1. The Kier molecular flexibility index (Phi) is 4.84. The minimum absolute atomic E-state index is 0.782. The molecule has 0 saturated carbocycles. The Labute approximate surface area is 149 Å². The van der Waals surface area contributed by atoms with Gasteiger partial charge in [-0.1, -0.05) is 6.07 Å². The number of rotatable bonds is 3. The van der Waals surface area contributed by atoms with Crippen molar-refractivity contribution in [2.24, 2.45) is 4.99 Å². The highest BCUT2D eigenvalue weighted by atomic mass is 79.9. The van der Waals surface area contributed by atoms with Crippen LogP contribution in [0.25, 0.3) is 0 Å². The summed E-state index contributed by atoms with van der Waals surface area (Å²) in [5.74, 6) is 0. The number of anilines is 1. The molecule has 118 valence electrons. The van der Waals surface area contributed by atoms with Crippen LogP contribution in [0.1, 0.15) is 34.4 Å². The third-order valence-corrected chi connectivity index (χ3v) is 5.88. The topological polar surface area (TPSA) is 39.4 Å². The fourth-order valence-corrected chi connectivity index (χ4v) is 4.79. The second-order valence-corrected chi connectivity index (χ2v) is 7.80. The quantitative estimate of drug-likeness (QED) is 0.688. The highest BCUT2D eigenvalue weighted by Crippen LogP contribution is 2.39. The van der Waals surface area contributed by atoms with Gasteiger partial charge in [-0.05, 0) is 64.9 Å². The Morgan fingerprint density at radius 3 is 2.78 bits per heavy atom. The van der Waals surface area contributed by atoms with Gasteiger partial charge in [0.15, 0.2) is 0 Å². The number of nitriles is 1. The van der Waals surface area contributed by atoms with E-state index >= 15 is 0 Å². The zero-order valence-electron chi connectivity index (χ0n) is 13.3. The van der Waals surface area contributed by atoms with Crippen LogP contribution in [0.2, 0.25) is 0 Å². The van der Waals surface area contributed by atoms with E-state index < -0.39 is 0 Å². The van der Waals surface area contributed by atoms with Crippen LogP contribution in [0.3, 0.4) is 0 Å². The molecule has 0 atom stereocenters. The molecule has 0 N–H and O–H groups in total. The van der Waals surface area contributed by atoms with Gasteiger partial charge in [-0.25, -0.2) is 4.99 Å². The van der Waals surface area contributed by atoms with Crippen LogP contribution >= 0.6 is 27.3 Å². The maximum Gasteiger partial charge on any atom is 0.134 e. The molecule has 0 aliphatic heterocycles. The van der Waals surface area contributed by atoms with E-state index in [1.54, 1.807) is 11.3 Å². The molecule has 1 aliphatic rings. The summed E-state index contributed by atoms with van der Waals surface area (Å²) in [6.45, 7) is 0. The van der Waals surface area contributed by atoms with Gasteiger partial charge in [0.05, 0.1) is 11.3 Å². The largest absolute Gasteiger partial charge is 0.377 e. The normalized spacial score (nSPS) is 13.8. The number of aliphatic imine (C=N–C) groups is 1. The predicted octanol–water partition coefficient (Wildman–Crippen LogP) is 5.08. The first-order valence-corrected chi connectivity index (χ1v) is 9.26. The lowest BCUT2D eigenvalue weighted by Gasteiger charge is -2.14. The summed E-state index contributed by atoms with van der Waals surface area (Å²) in [5, 5.41) is 10.3. The summed E-state index contributed by atoms with van der Waals surface area (Å²) < 4.78 is 1.04. The molecule has 1 heterocycles. The molecule has 2 aromatic rings. The van der Waals surface area contributed by atoms with Crippen LogP contribution in [-0.2, 0) is 12.8 Å². The average molecular weight is 388 g/mol. The number of fused-ring (bicyclic) bond motifs is 1. The predicted molar refractivity (Wildman–Crippen MR) is 101 cm³/mol. The fourth-order valence-electron chi connectivity index (χ4n) is 2.86. The summed E-state index contributed by atoms with van der Waals surface area (Å²) in [5.41, 5.74) is 4.18. The molecule has 5 heteroatoms. The number of nitrogens with zero attached hydrogens (tertiary/aromatic N) is 3. The van der Waals surface area contributed by atoms with Crippen molar-refractivity contribution in [3.05, 3.63) is 44.2 Å². The summed E-state index contributed by atoms with van der Waals surface area (Å²) >= 11 is 5.27. The van der Waals surface area contributed by atoms with E-state index in [4.69, 9.17) is 0 Å². The van der Waals surface area contributed by atoms with Crippen LogP contribution in [0.5, 0.6) is 0 Å². The smallest absolute Gasteiger partial charge is 0.134 e. The minimum atomic E-state index is 0.782. The molecule has 0 unspecified atom stereocenters. The molecule has 0 amide bonds. The molecule has 3 rings (SSSR count). The Balaban J connectivity index is 1.90. The van der Waals surface area contributed by atoms with Crippen molar-refractivity contribution < 1.29 is 0 Å². The number of thiophene rings is 1. The molecule has 1 aliphatic carbocycles. The van der Waals surface area contributed by atoms with E-state index in [1.165, 1.54) is 23.3 Å². The third kappa shape index (κ3) is 3.34. The molecule has 0 saturated heterocycles. The number of halogens is 1. The minimum Gasteiger partial charge on any atom is -0.377 e. The first-order valence-electron chi connectivity index (χ1n) is 7.65. The van der Waals surface area contributed by atoms with Gasteiger partial charge in [-0.3, -0.25) is 0 Å². The van der Waals surface area contributed by atoms with Gasteiger partial charge in [0.1, 0.15) is 11.1 Å². The maximum absolute atomic E-state index is 9.47. The third-order valence-electron chi connectivity index (χ3n) is 4.05. The van der Waals surface area contributed by atoms with Gasteiger partial charge >= 0.3 is 0 Å². The summed E-state index contributed by atoms with van der Waals surface area (Å²) in [7, 11) is 4.03. The number of hydrogen-bond acceptors (Lipinski definition) is 4. The van der Waals surface area contributed by atoms with Crippen LogP contribution in [0.15, 0.2) is 27.7 Å². The van der Waals surface area contributed by atoms with Crippen molar-refractivity contribution in [2.75, 3.05) is 19.0 Å². The van der Waals surface area contributed by atoms with Gasteiger partial charge in [0, 0.05) is 29.7 Å². The SMILES string of the molecule is CN(C)c1ccc(C=Nc2sc3c(c2C#N)CCCC3)cc1Br. The molecular weight excluding hydrogens is 370 g/mol. The van der Waals surface area contributed by atoms with Gasteiger partial charge in [-0.15, -0.1) is 11.3 Å². The highest BCUT2D eigenvalue weighted by molar-refractivity contribution is 9.10. The summed E-state index contributed by atoms with van der Waals surface area (Å²) in [6, 6.07) is 8.52. The van der Waals surface area contributed by atoms with Crippen molar-refractivity contribution in [1.29, 1.82) is 5.26 Å². The lowest BCUT2D eigenvalue weighted by molar-refractivity contribution is 0.696. The average Bonchev–Trinajstić information content (AvgIpc) is 2.90. The zero-order valence-corrected chi connectivity index (χ0v) is 15.7. The molecule has 3 nitrogen and oxygen atoms in total. The molecule has 1 aromatic heterocycles. The van der Waals surface area contributed by atoms with Gasteiger partial charge < -0.3 is 4.90 Å². The van der Waals surface area contributed by atoms with Gasteiger partial charge in [0.25, 0.3) is 0 Å². The standard InChI is InChI=1S/C18H18BrN3S/c1-22(2)16-8-7-12(9-15(16)19)11-21-18-14(10-20)13-5-3-4-6-17(13)23-18/h7-9,11H,3-6H2,1-2H3. The lowest BCUT2D eigenvalue weighted by atomic mass is 9.96. The Hall–Kier alpha value is -1.64. The molecular formula is C18H18BrN3S. The van der Waals surface area contributed by atoms with Crippen LogP contribution in [0.4, 0.5) is 10.7 Å². The fraction of sp³-hybridized carbons (Fsp3) is 0.333. The maximum atomic E-state index is 9.47. The Morgan fingerprint density at radius 2 is 2.09 bits per heavy atom. The van der Waals surface area contributed by atoms with Crippen LogP contribution in [-0.4, -0.2) is 20.3 Å². The second kappa shape index (κ2) is 6.86. The van der Waals surface area contributed by atoms with Gasteiger partial charge in [0.2, 0.25) is 0 Å². The van der Waals surface area contributed by atoms with E-state index in [2.05, 4.69) is 44.0 Å². The first kappa shape index (κ1) is 16.2. The number of hydrogen-bond donors (Lipinski definition) is 0. The van der Waals surface area contributed by atoms with Crippen LogP contribution < -0.4 is 4.90 Å². The van der Waals surface area contributed by atoms with E-state index in [1.807, 2.05) is 26.4 Å². The van der Waals surface area contributed by atoms with Crippen LogP contribution in [0, 0.1) is 11.3 Å². The van der Waals surface area contributed by atoms with Crippen molar-refractivity contribution in [3.63, 3.8) is 0 Å². The first-order chi connectivity index (χ1) is 11.1. The molecule has 0 bridgehead atoms. The van der Waals surface area contributed by atoms with Crippen molar-refractivity contribution in [2.45, 2.75) is 25.7 Å². The lowest BCUT2D eigenvalue weighted by Crippen LogP contribution is -2.09. The second-order valence-electron chi connectivity index (χ2n) is 5.87. The van der Waals surface area contributed by atoms with Crippen molar-refractivity contribution in [3.8, 4) is 6.07 Å². The summed E-state index contributed by atoms with van der Waals surface area (Å²) in [6.07, 6.45) is 6.37. The van der Waals surface area contributed by atoms with E-state index in [-0.39, 0.29) is 0 Å². The van der Waals surface area contributed by atoms with E-state index in [0.29, 0.717) is 0 Å². The molecule has 0 fully saturated rings.